The van der Waals surface area contributed by atoms with Crippen LogP contribution in [-0.2, 0) is 10.0 Å². The van der Waals surface area contributed by atoms with Crippen LogP contribution in [0.4, 0.5) is 11.4 Å². The van der Waals surface area contributed by atoms with Gasteiger partial charge in [0.25, 0.3) is 0 Å². The van der Waals surface area contributed by atoms with E-state index < -0.39 is 14.9 Å². The minimum atomic E-state index is -3.86. The largest absolute Gasteiger partial charge is 0.380 e. The summed E-state index contributed by atoms with van der Waals surface area (Å²) >= 11 is 0. The van der Waals surface area contributed by atoms with E-state index in [1.54, 1.807) is 6.92 Å². The van der Waals surface area contributed by atoms with E-state index in [0.29, 0.717) is 6.54 Å². The zero-order valence-electron chi connectivity index (χ0n) is 12.1. The first-order valence-electron chi connectivity index (χ1n) is 6.89. The lowest BCUT2D eigenvalue weighted by Gasteiger charge is -2.33. The van der Waals surface area contributed by atoms with Crippen molar-refractivity contribution in [2.45, 2.75) is 37.1 Å². The number of benzene rings is 1. The highest BCUT2D eigenvalue weighted by Crippen LogP contribution is 2.36. The first kappa shape index (κ1) is 15.7. The number of anilines is 1. The third-order valence-electron chi connectivity index (χ3n) is 3.79. The molecule has 1 aromatic rings. The number of nitro benzene ring substituents is 1. The van der Waals surface area contributed by atoms with Crippen LogP contribution in [0, 0.1) is 10.1 Å². The van der Waals surface area contributed by atoms with Gasteiger partial charge in [-0.3, -0.25) is 10.1 Å². The van der Waals surface area contributed by atoms with Crippen LogP contribution in [-0.4, -0.2) is 37.3 Å². The molecule has 1 saturated carbocycles. The monoisotopic (exact) mass is 313 g/mol. The van der Waals surface area contributed by atoms with Crippen LogP contribution in [0.25, 0.3) is 0 Å². The highest BCUT2D eigenvalue weighted by Gasteiger charge is 2.36. The molecule has 0 unspecified atom stereocenters. The highest BCUT2D eigenvalue weighted by atomic mass is 32.2. The highest BCUT2D eigenvalue weighted by molar-refractivity contribution is 7.89. The summed E-state index contributed by atoms with van der Waals surface area (Å²) in [7, 11) is -2.37. The maximum absolute atomic E-state index is 12.6. The fourth-order valence-corrected chi connectivity index (χ4v) is 3.95. The zero-order valence-corrected chi connectivity index (χ0v) is 12.9. The lowest BCUT2D eigenvalue weighted by Crippen LogP contribution is -2.41. The molecular formula is C13H19N3O4S. The van der Waals surface area contributed by atoms with Crippen LogP contribution in [0.15, 0.2) is 23.1 Å². The predicted molar refractivity (Wildman–Crippen MR) is 79.8 cm³/mol. The number of nitrogens with zero attached hydrogens (tertiary/aromatic N) is 2. The summed E-state index contributed by atoms with van der Waals surface area (Å²) in [6.45, 7) is 2.27. The Hall–Kier alpha value is -1.67. The fraction of sp³-hybridized carbons (Fsp3) is 0.538. The second-order valence-corrected chi connectivity index (χ2v) is 7.01. The number of sulfonamides is 1. The predicted octanol–water partition coefficient (Wildman–Crippen LogP) is 2.20. The molecule has 7 nitrogen and oxygen atoms in total. The van der Waals surface area contributed by atoms with Gasteiger partial charge in [-0.05, 0) is 31.9 Å². The smallest absolute Gasteiger partial charge is 0.312 e. The molecule has 0 amide bonds. The Morgan fingerprint density at radius 1 is 1.43 bits per heavy atom. The Labute approximate surface area is 124 Å². The normalized spacial score (nSPS) is 15.8. The van der Waals surface area contributed by atoms with Crippen molar-refractivity contribution in [3.63, 3.8) is 0 Å². The van der Waals surface area contributed by atoms with Crippen LogP contribution in [0.2, 0.25) is 0 Å². The molecule has 0 heterocycles. The summed E-state index contributed by atoms with van der Waals surface area (Å²) in [5.41, 5.74) is -0.156. The van der Waals surface area contributed by atoms with Crippen LogP contribution in [0.3, 0.4) is 0 Å². The lowest BCUT2D eigenvalue weighted by atomic mass is 9.94. The topological polar surface area (TPSA) is 92.6 Å². The van der Waals surface area contributed by atoms with Crippen molar-refractivity contribution >= 4 is 21.4 Å². The van der Waals surface area contributed by atoms with Crippen LogP contribution in [0.1, 0.15) is 26.2 Å². The van der Waals surface area contributed by atoms with Crippen molar-refractivity contribution in [3.05, 3.63) is 28.3 Å². The molecule has 1 aliphatic rings. The molecule has 8 heteroatoms. The van der Waals surface area contributed by atoms with E-state index in [0.717, 1.165) is 19.3 Å². The van der Waals surface area contributed by atoms with Gasteiger partial charge in [0.05, 0.1) is 4.92 Å². The van der Waals surface area contributed by atoms with Gasteiger partial charge >= 0.3 is 5.69 Å². The van der Waals surface area contributed by atoms with E-state index in [2.05, 4.69) is 5.32 Å². The van der Waals surface area contributed by atoms with Gasteiger partial charge in [0.15, 0.2) is 4.90 Å². The summed E-state index contributed by atoms with van der Waals surface area (Å²) in [6, 6.07) is 4.28. The molecule has 0 atom stereocenters. The van der Waals surface area contributed by atoms with Gasteiger partial charge in [-0.1, -0.05) is 12.5 Å². The second-order valence-electron chi connectivity index (χ2n) is 5.05. The van der Waals surface area contributed by atoms with E-state index in [9.17, 15) is 18.5 Å². The third kappa shape index (κ3) is 2.86. The Bertz CT molecular complexity index is 641. The van der Waals surface area contributed by atoms with E-state index >= 15 is 0 Å². The SMILES string of the molecule is CCNc1cccc(S(=O)(=O)N(C)C2CCC2)c1[N+](=O)[O-]. The second kappa shape index (κ2) is 5.98. The average Bonchev–Trinajstić information content (AvgIpc) is 2.36. The lowest BCUT2D eigenvalue weighted by molar-refractivity contribution is -0.386. The molecule has 1 aliphatic carbocycles. The summed E-state index contributed by atoms with van der Waals surface area (Å²) in [5.74, 6) is 0. The first-order valence-corrected chi connectivity index (χ1v) is 8.33. The van der Waals surface area contributed by atoms with Gasteiger partial charge in [0, 0.05) is 19.6 Å². The number of rotatable bonds is 6. The van der Waals surface area contributed by atoms with E-state index in [-0.39, 0.29) is 22.3 Å². The molecular weight excluding hydrogens is 294 g/mol. The Kier molecular flexibility index (Phi) is 4.48. The molecule has 116 valence electrons. The summed E-state index contributed by atoms with van der Waals surface area (Å²) in [5, 5.41) is 14.2. The van der Waals surface area contributed by atoms with Crippen LogP contribution >= 0.6 is 0 Å². The molecule has 21 heavy (non-hydrogen) atoms. The summed E-state index contributed by atoms with van der Waals surface area (Å²) in [4.78, 5) is 10.4. The van der Waals surface area contributed by atoms with Crippen molar-refractivity contribution in [1.82, 2.24) is 4.31 Å². The number of nitrogens with one attached hydrogen (secondary N) is 1. The van der Waals surface area contributed by atoms with Gasteiger partial charge in [-0.25, -0.2) is 8.42 Å². The van der Waals surface area contributed by atoms with E-state index in [1.165, 1.54) is 29.6 Å². The Morgan fingerprint density at radius 3 is 2.57 bits per heavy atom. The average molecular weight is 313 g/mol. The number of hydrogen-bond donors (Lipinski definition) is 1. The van der Waals surface area contributed by atoms with Gasteiger partial charge in [0.1, 0.15) is 5.69 Å². The summed E-state index contributed by atoms with van der Waals surface area (Å²) in [6.07, 6.45) is 2.59. The third-order valence-corrected chi connectivity index (χ3v) is 5.74. The zero-order chi connectivity index (χ0) is 15.6. The quantitative estimate of drug-likeness (QED) is 0.642. The molecule has 0 aromatic heterocycles. The van der Waals surface area contributed by atoms with Gasteiger partial charge in [-0.15, -0.1) is 0 Å². The number of hydrogen-bond acceptors (Lipinski definition) is 5. The van der Waals surface area contributed by atoms with Gasteiger partial charge in [-0.2, -0.15) is 4.31 Å². The number of nitro groups is 1. The maximum Gasteiger partial charge on any atom is 0.312 e. The van der Waals surface area contributed by atoms with Gasteiger partial charge < -0.3 is 5.32 Å². The van der Waals surface area contributed by atoms with E-state index in [4.69, 9.17) is 0 Å². The Morgan fingerprint density at radius 2 is 2.10 bits per heavy atom. The van der Waals surface area contributed by atoms with Crippen LogP contribution < -0.4 is 5.32 Å². The standard InChI is InChI=1S/C13H19N3O4S/c1-3-14-11-8-5-9-12(13(11)16(17)18)21(19,20)15(2)10-6-4-7-10/h5,8-10,14H,3-4,6-7H2,1-2H3. The molecule has 2 rings (SSSR count). The fourth-order valence-electron chi connectivity index (χ4n) is 2.35. The van der Waals surface area contributed by atoms with E-state index in [1.807, 2.05) is 0 Å². The molecule has 1 fully saturated rings. The minimum absolute atomic E-state index is 0.0580. The number of para-hydroxylation sites is 1. The van der Waals surface area contributed by atoms with Crippen molar-refractivity contribution in [3.8, 4) is 0 Å². The molecule has 0 bridgehead atoms. The minimum Gasteiger partial charge on any atom is -0.380 e. The van der Waals surface area contributed by atoms with Crippen molar-refractivity contribution in [2.24, 2.45) is 0 Å². The van der Waals surface area contributed by atoms with Crippen LogP contribution in [0.5, 0.6) is 0 Å². The molecule has 1 aromatic carbocycles. The molecule has 1 N–H and O–H groups in total. The van der Waals surface area contributed by atoms with Gasteiger partial charge in [0.2, 0.25) is 10.0 Å². The molecule has 0 aliphatic heterocycles. The Balaban J connectivity index is 2.51. The molecule has 0 saturated heterocycles. The summed E-state index contributed by atoms with van der Waals surface area (Å²) < 4.78 is 26.5. The van der Waals surface area contributed by atoms with Crippen molar-refractivity contribution < 1.29 is 13.3 Å². The molecule has 0 spiro atoms. The van der Waals surface area contributed by atoms with Crippen molar-refractivity contribution in [1.29, 1.82) is 0 Å². The molecule has 0 radical (unpaired) electrons. The maximum atomic E-state index is 12.6. The van der Waals surface area contributed by atoms with Crippen molar-refractivity contribution in [2.75, 3.05) is 18.9 Å². The first-order chi connectivity index (χ1) is 9.89.